The summed E-state index contributed by atoms with van der Waals surface area (Å²) in [5, 5.41) is 1.20. The molecule has 0 bridgehead atoms. The zero-order valence-electron chi connectivity index (χ0n) is 12.1. The number of fused-ring (bicyclic) bond motifs is 2. The van der Waals surface area contributed by atoms with E-state index < -0.39 is 0 Å². The number of aromatic nitrogens is 1. The topological polar surface area (TPSA) is 25.2 Å². The van der Waals surface area contributed by atoms with Crippen LogP contribution in [-0.4, -0.2) is 10.5 Å². The van der Waals surface area contributed by atoms with Crippen LogP contribution in [0.3, 0.4) is 0 Å². The van der Waals surface area contributed by atoms with E-state index in [0.717, 1.165) is 22.3 Å². The van der Waals surface area contributed by atoms with Crippen LogP contribution >= 0.6 is 0 Å². The summed E-state index contributed by atoms with van der Waals surface area (Å²) < 4.78 is 2.08. The molecule has 2 heterocycles. The maximum absolute atomic E-state index is 12.6. The molecule has 4 rings (SSSR count). The van der Waals surface area contributed by atoms with Crippen LogP contribution in [-0.2, 0) is 13.6 Å². The molecule has 0 saturated heterocycles. The molecule has 1 aromatic heterocycles. The minimum absolute atomic E-state index is 0.0959. The number of hydrogen-bond acceptors (Lipinski definition) is 1. The second-order valence-electron chi connectivity index (χ2n) is 5.72. The predicted octanol–water partition coefficient (Wildman–Crippen LogP) is 3.65. The Morgan fingerprint density at radius 3 is 2.76 bits per heavy atom. The van der Waals surface area contributed by atoms with Crippen molar-refractivity contribution in [3.05, 3.63) is 65.4 Å². The summed E-state index contributed by atoms with van der Waals surface area (Å²) in [6.45, 7) is 2.72. The summed E-state index contributed by atoms with van der Waals surface area (Å²) in [7, 11) is 2.02. The second kappa shape index (κ2) is 4.22. The largest absolute Gasteiger partial charge is 0.350 e. The third kappa shape index (κ3) is 1.77. The molecule has 2 aromatic carbocycles. The Kier molecular flexibility index (Phi) is 2.45. The van der Waals surface area contributed by atoms with Gasteiger partial charge in [-0.05, 0) is 42.1 Å². The van der Waals surface area contributed by atoms with Crippen molar-refractivity contribution < 1.29 is 4.79 Å². The molecule has 0 aliphatic carbocycles. The molecular weight excluding hydrogens is 260 g/mol. The molecule has 0 N–H and O–H groups in total. The lowest BCUT2D eigenvalue weighted by atomic mass is 10.1. The zero-order chi connectivity index (χ0) is 14.6. The van der Waals surface area contributed by atoms with Gasteiger partial charge in [0.1, 0.15) is 0 Å². The molecule has 3 aromatic rings. The zero-order valence-corrected chi connectivity index (χ0v) is 12.1. The molecule has 3 nitrogen and oxygen atoms in total. The van der Waals surface area contributed by atoms with Gasteiger partial charge in [0.15, 0.2) is 0 Å². The van der Waals surface area contributed by atoms with Gasteiger partial charge in [0.25, 0.3) is 5.91 Å². The van der Waals surface area contributed by atoms with Crippen LogP contribution in [0.2, 0.25) is 0 Å². The third-order valence-electron chi connectivity index (χ3n) is 4.25. The van der Waals surface area contributed by atoms with Crippen LogP contribution in [0.25, 0.3) is 10.9 Å². The van der Waals surface area contributed by atoms with E-state index in [2.05, 4.69) is 35.8 Å². The molecule has 0 spiro atoms. The number of aryl methyl sites for hydroxylation is 2. The molecule has 0 saturated carbocycles. The fourth-order valence-electron chi connectivity index (χ4n) is 3.08. The molecule has 1 aliphatic heterocycles. The first-order chi connectivity index (χ1) is 10.1. The Hall–Kier alpha value is -2.55. The first-order valence-electron chi connectivity index (χ1n) is 7.10. The van der Waals surface area contributed by atoms with Gasteiger partial charge in [0.2, 0.25) is 0 Å². The van der Waals surface area contributed by atoms with Crippen LogP contribution in [0.5, 0.6) is 0 Å². The van der Waals surface area contributed by atoms with Gasteiger partial charge in [-0.2, -0.15) is 0 Å². The Balaban J connectivity index is 1.80. The average Bonchev–Trinajstić information content (AvgIpc) is 3.00. The van der Waals surface area contributed by atoms with Gasteiger partial charge in [-0.15, -0.1) is 0 Å². The molecule has 21 heavy (non-hydrogen) atoms. The van der Waals surface area contributed by atoms with E-state index in [4.69, 9.17) is 0 Å². The summed E-state index contributed by atoms with van der Waals surface area (Å²) in [6.07, 6.45) is 2.04. The van der Waals surface area contributed by atoms with E-state index in [1.54, 1.807) is 0 Å². The van der Waals surface area contributed by atoms with E-state index in [0.29, 0.717) is 6.54 Å². The number of amides is 1. The summed E-state index contributed by atoms with van der Waals surface area (Å²) in [5.74, 6) is 0.0959. The van der Waals surface area contributed by atoms with Gasteiger partial charge in [-0.25, -0.2) is 0 Å². The van der Waals surface area contributed by atoms with E-state index in [1.807, 2.05) is 36.3 Å². The van der Waals surface area contributed by atoms with Gasteiger partial charge in [0.05, 0.1) is 6.54 Å². The number of carbonyl (C=O) groups excluding carboxylic acids is 1. The molecule has 104 valence electrons. The molecular formula is C18H16N2O. The number of rotatable bonds is 1. The lowest BCUT2D eigenvalue weighted by Crippen LogP contribution is -2.22. The van der Waals surface area contributed by atoms with Crippen molar-refractivity contribution >= 4 is 22.5 Å². The number of hydrogen-bond donors (Lipinski definition) is 0. The highest BCUT2D eigenvalue weighted by Crippen LogP contribution is 2.31. The first kappa shape index (κ1) is 12.2. The molecule has 0 fully saturated rings. The minimum Gasteiger partial charge on any atom is -0.350 e. The molecule has 0 radical (unpaired) electrons. The van der Waals surface area contributed by atoms with Gasteiger partial charge < -0.3 is 9.47 Å². The maximum atomic E-state index is 12.6. The van der Waals surface area contributed by atoms with Crippen molar-refractivity contribution in [1.29, 1.82) is 0 Å². The SMILES string of the molecule is Cc1ccc2c(c1)CN(c1ccc3ccn(C)c3c1)C2=O. The van der Waals surface area contributed by atoms with Crippen molar-refractivity contribution in [2.24, 2.45) is 7.05 Å². The average molecular weight is 276 g/mol. The number of carbonyl (C=O) groups is 1. The van der Waals surface area contributed by atoms with Crippen molar-refractivity contribution in [1.82, 2.24) is 4.57 Å². The van der Waals surface area contributed by atoms with E-state index in [1.165, 1.54) is 10.9 Å². The number of benzene rings is 2. The normalized spacial score (nSPS) is 14.0. The Morgan fingerprint density at radius 2 is 1.90 bits per heavy atom. The molecule has 1 amide bonds. The fourth-order valence-corrected chi connectivity index (χ4v) is 3.08. The van der Waals surface area contributed by atoms with Gasteiger partial charge in [0, 0.05) is 30.0 Å². The summed E-state index contributed by atoms with van der Waals surface area (Å²) in [6, 6.07) is 14.3. The molecule has 0 unspecified atom stereocenters. The van der Waals surface area contributed by atoms with Crippen molar-refractivity contribution in [3.63, 3.8) is 0 Å². The Morgan fingerprint density at radius 1 is 1.05 bits per heavy atom. The smallest absolute Gasteiger partial charge is 0.258 e. The first-order valence-corrected chi connectivity index (χ1v) is 7.10. The highest BCUT2D eigenvalue weighted by Gasteiger charge is 2.28. The highest BCUT2D eigenvalue weighted by molar-refractivity contribution is 6.10. The quantitative estimate of drug-likeness (QED) is 0.666. The van der Waals surface area contributed by atoms with Crippen molar-refractivity contribution in [2.45, 2.75) is 13.5 Å². The van der Waals surface area contributed by atoms with E-state index in [9.17, 15) is 4.79 Å². The van der Waals surface area contributed by atoms with E-state index in [-0.39, 0.29) is 5.91 Å². The van der Waals surface area contributed by atoms with Crippen LogP contribution < -0.4 is 4.90 Å². The molecule has 3 heteroatoms. The fraction of sp³-hybridized carbons (Fsp3) is 0.167. The monoisotopic (exact) mass is 276 g/mol. The van der Waals surface area contributed by atoms with Crippen LogP contribution in [0.4, 0.5) is 5.69 Å². The third-order valence-corrected chi connectivity index (χ3v) is 4.25. The maximum Gasteiger partial charge on any atom is 0.258 e. The predicted molar refractivity (Wildman–Crippen MR) is 84.6 cm³/mol. The summed E-state index contributed by atoms with van der Waals surface area (Å²) in [5.41, 5.74) is 5.25. The summed E-state index contributed by atoms with van der Waals surface area (Å²) >= 11 is 0. The van der Waals surface area contributed by atoms with Crippen molar-refractivity contribution in [2.75, 3.05) is 4.90 Å². The molecule has 1 aliphatic rings. The standard InChI is InChI=1S/C18H16N2O/c1-12-3-6-16-14(9-12)11-20(18(16)21)15-5-4-13-7-8-19(2)17(13)10-15/h3-10H,11H2,1-2H3. The lowest BCUT2D eigenvalue weighted by Gasteiger charge is -2.16. The van der Waals surface area contributed by atoms with Gasteiger partial charge in [-0.1, -0.05) is 23.8 Å². The van der Waals surface area contributed by atoms with E-state index >= 15 is 0 Å². The lowest BCUT2D eigenvalue weighted by molar-refractivity contribution is 0.0996. The van der Waals surface area contributed by atoms with Gasteiger partial charge in [-0.3, -0.25) is 4.79 Å². The second-order valence-corrected chi connectivity index (χ2v) is 5.72. The Bertz CT molecular complexity index is 876. The van der Waals surface area contributed by atoms with Gasteiger partial charge >= 0.3 is 0 Å². The van der Waals surface area contributed by atoms with Crippen LogP contribution in [0, 0.1) is 6.92 Å². The minimum atomic E-state index is 0.0959. The number of anilines is 1. The molecule has 0 atom stereocenters. The van der Waals surface area contributed by atoms with Crippen molar-refractivity contribution in [3.8, 4) is 0 Å². The van der Waals surface area contributed by atoms with Crippen LogP contribution in [0.15, 0.2) is 48.7 Å². The summed E-state index contributed by atoms with van der Waals surface area (Å²) in [4.78, 5) is 14.4. The van der Waals surface area contributed by atoms with Crippen LogP contribution in [0.1, 0.15) is 21.5 Å². The highest BCUT2D eigenvalue weighted by atomic mass is 16.2. The number of nitrogens with zero attached hydrogens (tertiary/aromatic N) is 2. The Labute approximate surface area is 123 Å².